The topological polar surface area (TPSA) is 89.7 Å². The molecule has 2 N–H and O–H groups in total. The Morgan fingerprint density at radius 1 is 1.38 bits per heavy atom. The van der Waals surface area contributed by atoms with E-state index in [0.717, 1.165) is 4.90 Å². The van der Waals surface area contributed by atoms with Crippen LogP contribution in [0.1, 0.15) is 17.3 Å². The van der Waals surface area contributed by atoms with Crippen molar-refractivity contribution in [1.29, 1.82) is 0 Å². The van der Waals surface area contributed by atoms with Crippen molar-refractivity contribution in [3.8, 4) is 0 Å². The minimum Gasteiger partial charge on any atom is -0.383 e. The summed E-state index contributed by atoms with van der Waals surface area (Å²) in [4.78, 5) is 12.4. The van der Waals surface area contributed by atoms with Crippen LogP contribution < -0.4 is 5.14 Å². The van der Waals surface area contributed by atoms with E-state index >= 15 is 0 Å². The normalized spacial score (nSPS) is 11.5. The van der Waals surface area contributed by atoms with Gasteiger partial charge in [0.15, 0.2) is 5.82 Å². The summed E-state index contributed by atoms with van der Waals surface area (Å²) < 4.78 is 55.1. The Labute approximate surface area is 121 Å². The number of benzene rings is 1. The van der Waals surface area contributed by atoms with Crippen molar-refractivity contribution in [2.45, 2.75) is 11.8 Å². The molecule has 21 heavy (non-hydrogen) atoms. The maximum atomic E-state index is 14.1. The molecule has 118 valence electrons. The van der Waals surface area contributed by atoms with Crippen molar-refractivity contribution >= 4 is 15.9 Å². The fourth-order valence-corrected chi connectivity index (χ4v) is 2.32. The van der Waals surface area contributed by atoms with Crippen molar-refractivity contribution in [2.75, 3.05) is 26.8 Å². The number of carbonyl (C=O) groups is 1. The SMILES string of the molecule is CCN(CCOC)C(=O)c1c(F)ccc(S(N)(=O)=O)c1F. The van der Waals surface area contributed by atoms with Crippen molar-refractivity contribution in [3.63, 3.8) is 0 Å². The largest absolute Gasteiger partial charge is 0.383 e. The van der Waals surface area contributed by atoms with Gasteiger partial charge in [0.25, 0.3) is 5.91 Å². The summed E-state index contributed by atoms with van der Waals surface area (Å²) in [6.07, 6.45) is 0. The number of sulfonamides is 1. The van der Waals surface area contributed by atoms with E-state index in [1.165, 1.54) is 7.11 Å². The van der Waals surface area contributed by atoms with Gasteiger partial charge < -0.3 is 9.64 Å². The van der Waals surface area contributed by atoms with E-state index in [1.807, 2.05) is 0 Å². The van der Waals surface area contributed by atoms with E-state index in [1.54, 1.807) is 6.92 Å². The Morgan fingerprint density at radius 2 is 2.00 bits per heavy atom. The number of nitrogens with zero attached hydrogens (tertiary/aromatic N) is 1. The number of hydrogen-bond donors (Lipinski definition) is 1. The molecular formula is C12H16F2N2O4S. The summed E-state index contributed by atoms with van der Waals surface area (Å²) in [7, 11) is -2.97. The lowest BCUT2D eigenvalue weighted by Crippen LogP contribution is -2.35. The lowest BCUT2D eigenvalue weighted by Gasteiger charge is -2.21. The second kappa shape index (κ2) is 6.92. The minimum atomic E-state index is -4.39. The molecule has 0 spiro atoms. The van der Waals surface area contributed by atoms with E-state index in [9.17, 15) is 22.0 Å². The third-order valence-corrected chi connectivity index (χ3v) is 3.74. The van der Waals surface area contributed by atoms with Crippen LogP contribution in [0.4, 0.5) is 8.78 Å². The third kappa shape index (κ3) is 3.96. The minimum absolute atomic E-state index is 0.115. The molecule has 0 heterocycles. The molecule has 9 heteroatoms. The number of ether oxygens (including phenoxy) is 1. The number of methoxy groups -OCH3 is 1. The zero-order chi connectivity index (χ0) is 16.2. The van der Waals surface area contributed by atoms with E-state index in [-0.39, 0.29) is 19.7 Å². The summed E-state index contributed by atoms with van der Waals surface area (Å²) in [6.45, 7) is 2.09. The highest BCUT2D eigenvalue weighted by atomic mass is 32.2. The van der Waals surface area contributed by atoms with Crippen molar-refractivity contribution in [3.05, 3.63) is 29.3 Å². The standard InChI is InChI=1S/C12H16F2N2O4S/c1-3-16(6-7-20-2)12(17)10-8(13)4-5-9(11(10)14)21(15,18)19/h4-5H,3,6-7H2,1-2H3,(H2,15,18,19). The van der Waals surface area contributed by atoms with Crippen LogP contribution >= 0.6 is 0 Å². The van der Waals surface area contributed by atoms with Gasteiger partial charge in [-0.25, -0.2) is 22.3 Å². The summed E-state index contributed by atoms with van der Waals surface area (Å²) >= 11 is 0. The fourth-order valence-electron chi connectivity index (χ4n) is 1.71. The molecule has 0 atom stereocenters. The molecule has 0 aliphatic rings. The molecule has 1 aromatic rings. The Morgan fingerprint density at radius 3 is 2.48 bits per heavy atom. The summed E-state index contributed by atoms with van der Waals surface area (Å²) in [6, 6.07) is 1.38. The van der Waals surface area contributed by atoms with Crippen molar-refractivity contribution in [2.24, 2.45) is 5.14 Å². The Balaban J connectivity index is 3.32. The summed E-state index contributed by atoms with van der Waals surface area (Å²) in [5.41, 5.74) is -0.945. The van der Waals surface area contributed by atoms with Gasteiger partial charge in [0.05, 0.1) is 6.61 Å². The number of likely N-dealkylation sites (N-methyl/N-ethyl adjacent to an activating group) is 1. The van der Waals surface area contributed by atoms with Gasteiger partial charge in [-0.2, -0.15) is 0 Å². The van der Waals surface area contributed by atoms with Gasteiger partial charge >= 0.3 is 0 Å². The number of hydrogen-bond acceptors (Lipinski definition) is 4. The lowest BCUT2D eigenvalue weighted by atomic mass is 10.1. The molecule has 0 aliphatic carbocycles. The number of rotatable bonds is 6. The molecule has 0 unspecified atom stereocenters. The maximum Gasteiger partial charge on any atom is 0.259 e. The van der Waals surface area contributed by atoms with Crippen molar-refractivity contribution < 1.29 is 26.7 Å². The van der Waals surface area contributed by atoms with Gasteiger partial charge in [-0.15, -0.1) is 0 Å². The first-order valence-electron chi connectivity index (χ1n) is 6.03. The molecule has 0 aliphatic heterocycles. The van der Waals surface area contributed by atoms with Gasteiger partial charge in [-0.05, 0) is 19.1 Å². The quantitative estimate of drug-likeness (QED) is 0.835. The molecule has 1 rings (SSSR count). The summed E-state index contributed by atoms with van der Waals surface area (Å²) in [5.74, 6) is -3.60. The Hall–Kier alpha value is -1.58. The van der Waals surface area contributed by atoms with E-state index in [0.29, 0.717) is 12.1 Å². The van der Waals surface area contributed by atoms with E-state index in [2.05, 4.69) is 0 Å². The average molecular weight is 322 g/mol. The molecular weight excluding hydrogens is 306 g/mol. The highest BCUT2D eigenvalue weighted by Gasteiger charge is 2.27. The van der Waals surface area contributed by atoms with Crippen LogP contribution in [-0.2, 0) is 14.8 Å². The number of carbonyl (C=O) groups excluding carboxylic acids is 1. The van der Waals surface area contributed by atoms with Crippen LogP contribution in [0.5, 0.6) is 0 Å². The van der Waals surface area contributed by atoms with Crippen LogP contribution in [0, 0.1) is 11.6 Å². The predicted molar refractivity (Wildman–Crippen MR) is 71.2 cm³/mol. The highest BCUT2D eigenvalue weighted by Crippen LogP contribution is 2.21. The van der Waals surface area contributed by atoms with Gasteiger partial charge in [-0.3, -0.25) is 4.79 Å². The van der Waals surface area contributed by atoms with Crippen molar-refractivity contribution in [1.82, 2.24) is 4.90 Å². The third-order valence-electron chi connectivity index (χ3n) is 2.81. The molecule has 0 radical (unpaired) electrons. The second-order valence-corrected chi connectivity index (χ2v) is 5.69. The van der Waals surface area contributed by atoms with E-state index < -0.39 is 38.0 Å². The fraction of sp³-hybridized carbons (Fsp3) is 0.417. The lowest BCUT2D eigenvalue weighted by molar-refractivity contribution is 0.0696. The monoisotopic (exact) mass is 322 g/mol. The van der Waals surface area contributed by atoms with Gasteiger partial charge in [0.1, 0.15) is 16.3 Å². The molecule has 1 aromatic carbocycles. The molecule has 6 nitrogen and oxygen atoms in total. The van der Waals surface area contributed by atoms with Crippen LogP contribution in [-0.4, -0.2) is 46.0 Å². The number of halogens is 2. The summed E-state index contributed by atoms with van der Waals surface area (Å²) in [5, 5.41) is 4.83. The van der Waals surface area contributed by atoms with Crippen LogP contribution in [0.25, 0.3) is 0 Å². The molecule has 0 saturated carbocycles. The first-order valence-corrected chi connectivity index (χ1v) is 7.57. The molecule has 0 bridgehead atoms. The van der Waals surface area contributed by atoms with E-state index in [4.69, 9.17) is 9.88 Å². The zero-order valence-corrected chi connectivity index (χ0v) is 12.4. The highest BCUT2D eigenvalue weighted by molar-refractivity contribution is 7.89. The van der Waals surface area contributed by atoms with Crippen LogP contribution in [0.15, 0.2) is 17.0 Å². The smallest absolute Gasteiger partial charge is 0.259 e. The number of nitrogens with two attached hydrogens (primary N) is 1. The molecule has 0 saturated heterocycles. The Kier molecular flexibility index (Phi) is 5.76. The van der Waals surface area contributed by atoms with Gasteiger partial charge in [0, 0.05) is 20.2 Å². The van der Waals surface area contributed by atoms with Crippen LogP contribution in [0.2, 0.25) is 0 Å². The first kappa shape index (κ1) is 17.5. The average Bonchev–Trinajstić information content (AvgIpc) is 2.38. The van der Waals surface area contributed by atoms with Gasteiger partial charge in [-0.1, -0.05) is 0 Å². The first-order chi connectivity index (χ1) is 9.73. The number of primary sulfonamides is 1. The van der Waals surface area contributed by atoms with Gasteiger partial charge in [0.2, 0.25) is 10.0 Å². The van der Waals surface area contributed by atoms with Crippen LogP contribution in [0.3, 0.4) is 0 Å². The Bertz CT molecular complexity index is 634. The molecule has 0 aromatic heterocycles. The molecule has 1 amide bonds. The maximum absolute atomic E-state index is 14.1. The molecule has 0 fully saturated rings. The number of amides is 1. The second-order valence-electron chi connectivity index (χ2n) is 4.16. The predicted octanol–water partition coefficient (Wildman–Crippen LogP) is 0.721. The zero-order valence-electron chi connectivity index (χ0n) is 11.6.